The normalized spacial score (nSPS) is 17.6. The minimum atomic E-state index is -0.251. The summed E-state index contributed by atoms with van der Waals surface area (Å²) < 4.78 is 0. The van der Waals surface area contributed by atoms with E-state index in [1.165, 1.54) is 27.5 Å². The van der Waals surface area contributed by atoms with E-state index >= 15 is 0 Å². The lowest BCUT2D eigenvalue weighted by Crippen LogP contribution is -2.48. The zero-order chi connectivity index (χ0) is 16.5. The van der Waals surface area contributed by atoms with Crippen molar-refractivity contribution in [3.63, 3.8) is 0 Å². The number of fused-ring (bicyclic) bond motifs is 2. The van der Waals surface area contributed by atoms with Gasteiger partial charge in [-0.1, -0.05) is 66.7 Å². The Morgan fingerprint density at radius 3 is 2.50 bits per heavy atom. The summed E-state index contributed by atoms with van der Waals surface area (Å²) in [5.74, 6) is -0.246. The van der Waals surface area contributed by atoms with Gasteiger partial charge in [-0.25, -0.2) is 0 Å². The molecule has 1 heterocycles. The van der Waals surface area contributed by atoms with Crippen molar-refractivity contribution < 1.29 is 4.79 Å². The molecule has 1 aliphatic rings. The highest BCUT2D eigenvalue weighted by Gasteiger charge is 2.30. The number of hydrogen-bond acceptors (Lipinski definition) is 2. The Balaban J connectivity index is 1.70. The largest absolute Gasteiger partial charge is 0.368 e. The smallest absolute Gasteiger partial charge is 0.235 e. The molecule has 0 radical (unpaired) electrons. The van der Waals surface area contributed by atoms with Crippen molar-refractivity contribution in [2.24, 2.45) is 5.73 Å². The van der Waals surface area contributed by atoms with Gasteiger partial charge in [0, 0.05) is 13.1 Å². The van der Waals surface area contributed by atoms with Crippen molar-refractivity contribution >= 4 is 16.7 Å². The molecule has 24 heavy (non-hydrogen) atoms. The lowest BCUT2D eigenvalue weighted by molar-refractivity contribution is -0.124. The zero-order valence-corrected chi connectivity index (χ0v) is 13.5. The molecule has 2 N–H and O–H groups in total. The van der Waals surface area contributed by atoms with Crippen LogP contribution in [-0.2, 0) is 24.3 Å². The van der Waals surface area contributed by atoms with Crippen molar-refractivity contribution in [1.82, 2.24) is 4.90 Å². The van der Waals surface area contributed by atoms with E-state index in [0.29, 0.717) is 6.42 Å². The molecule has 0 spiro atoms. The quantitative estimate of drug-likeness (QED) is 0.806. The summed E-state index contributed by atoms with van der Waals surface area (Å²) in [6.07, 6.45) is 0.691. The summed E-state index contributed by atoms with van der Waals surface area (Å²) in [4.78, 5) is 14.2. The highest BCUT2D eigenvalue weighted by Crippen LogP contribution is 2.27. The molecule has 3 aromatic carbocycles. The second-order valence-electron chi connectivity index (χ2n) is 6.43. The predicted molar refractivity (Wildman–Crippen MR) is 96.3 cm³/mol. The number of primary amides is 1. The number of amides is 1. The van der Waals surface area contributed by atoms with Crippen LogP contribution in [0.3, 0.4) is 0 Å². The Morgan fingerprint density at radius 1 is 0.958 bits per heavy atom. The molecule has 0 unspecified atom stereocenters. The van der Waals surface area contributed by atoms with E-state index in [1.54, 1.807) is 0 Å². The molecule has 120 valence electrons. The number of carbonyl (C=O) groups is 1. The standard InChI is InChI=1S/C21H20N2O/c22-21(24)20-12-16-7-1-2-8-17(16)13-23(20)14-18-10-5-9-15-6-3-4-11-19(15)18/h1-11,20H,12-14H2,(H2,22,24)/t20-/m0/s1. The van der Waals surface area contributed by atoms with Gasteiger partial charge in [-0.05, 0) is 33.9 Å². The highest BCUT2D eigenvalue weighted by atomic mass is 16.1. The second kappa shape index (κ2) is 6.10. The molecule has 3 aromatic rings. The zero-order valence-electron chi connectivity index (χ0n) is 13.5. The van der Waals surface area contributed by atoms with Crippen LogP contribution in [0.25, 0.3) is 10.8 Å². The molecule has 1 aliphatic heterocycles. The van der Waals surface area contributed by atoms with Gasteiger partial charge in [0.1, 0.15) is 0 Å². The first-order valence-electron chi connectivity index (χ1n) is 8.29. The molecule has 0 bridgehead atoms. The van der Waals surface area contributed by atoms with Crippen LogP contribution in [0, 0.1) is 0 Å². The van der Waals surface area contributed by atoms with Crippen LogP contribution in [0.5, 0.6) is 0 Å². The van der Waals surface area contributed by atoms with Crippen molar-refractivity contribution in [3.05, 3.63) is 83.4 Å². The molecule has 3 heteroatoms. The number of nitrogens with two attached hydrogens (primary N) is 1. The van der Waals surface area contributed by atoms with Gasteiger partial charge in [0.15, 0.2) is 0 Å². The van der Waals surface area contributed by atoms with Crippen LogP contribution < -0.4 is 5.73 Å². The van der Waals surface area contributed by atoms with E-state index in [-0.39, 0.29) is 11.9 Å². The Labute approximate surface area is 141 Å². The fourth-order valence-electron chi connectivity index (χ4n) is 3.67. The fourth-order valence-corrected chi connectivity index (χ4v) is 3.67. The third kappa shape index (κ3) is 2.68. The maximum Gasteiger partial charge on any atom is 0.235 e. The SMILES string of the molecule is NC(=O)[C@@H]1Cc2ccccc2CN1Cc1cccc2ccccc12. The predicted octanol–water partition coefficient (Wildman–Crippen LogP) is 3.25. The first-order chi connectivity index (χ1) is 11.7. The molecule has 0 fully saturated rings. The summed E-state index contributed by atoms with van der Waals surface area (Å²) in [5.41, 5.74) is 9.45. The Morgan fingerprint density at radius 2 is 1.67 bits per heavy atom. The summed E-state index contributed by atoms with van der Waals surface area (Å²) in [7, 11) is 0. The molecule has 0 saturated carbocycles. The third-order valence-electron chi connectivity index (χ3n) is 4.93. The third-order valence-corrected chi connectivity index (χ3v) is 4.93. The molecular formula is C21H20N2O. The molecule has 1 amide bonds. The van der Waals surface area contributed by atoms with Crippen LogP contribution in [0.2, 0.25) is 0 Å². The fraction of sp³-hybridized carbons (Fsp3) is 0.190. The number of carbonyl (C=O) groups excluding carboxylic acids is 1. The maximum absolute atomic E-state index is 12.0. The molecule has 4 rings (SSSR count). The van der Waals surface area contributed by atoms with Crippen LogP contribution in [0.4, 0.5) is 0 Å². The Kier molecular flexibility index (Phi) is 3.79. The molecule has 3 nitrogen and oxygen atoms in total. The average Bonchev–Trinajstić information content (AvgIpc) is 2.61. The van der Waals surface area contributed by atoms with Crippen molar-refractivity contribution in [1.29, 1.82) is 0 Å². The maximum atomic E-state index is 12.0. The van der Waals surface area contributed by atoms with Gasteiger partial charge in [0.2, 0.25) is 5.91 Å². The van der Waals surface area contributed by atoms with E-state index in [0.717, 1.165) is 13.1 Å². The first-order valence-corrected chi connectivity index (χ1v) is 8.29. The van der Waals surface area contributed by atoms with E-state index in [9.17, 15) is 4.79 Å². The number of nitrogens with zero attached hydrogens (tertiary/aromatic N) is 1. The van der Waals surface area contributed by atoms with Gasteiger partial charge < -0.3 is 5.73 Å². The van der Waals surface area contributed by atoms with Gasteiger partial charge in [-0.3, -0.25) is 9.69 Å². The average molecular weight is 316 g/mol. The molecule has 0 aliphatic carbocycles. The monoisotopic (exact) mass is 316 g/mol. The van der Waals surface area contributed by atoms with E-state index < -0.39 is 0 Å². The summed E-state index contributed by atoms with van der Waals surface area (Å²) >= 11 is 0. The molecule has 1 atom stereocenters. The van der Waals surface area contributed by atoms with Crippen LogP contribution >= 0.6 is 0 Å². The second-order valence-corrected chi connectivity index (χ2v) is 6.43. The highest BCUT2D eigenvalue weighted by molar-refractivity contribution is 5.86. The topological polar surface area (TPSA) is 46.3 Å². The lowest BCUT2D eigenvalue weighted by Gasteiger charge is -2.35. The molecular weight excluding hydrogens is 296 g/mol. The van der Waals surface area contributed by atoms with Crippen LogP contribution in [-0.4, -0.2) is 16.8 Å². The van der Waals surface area contributed by atoms with E-state index in [4.69, 9.17) is 5.73 Å². The Bertz CT molecular complexity index is 898. The van der Waals surface area contributed by atoms with E-state index in [1.807, 2.05) is 6.07 Å². The molecule has 0 aromatic heterocycles. The number of benzene rings is 3. The number of hydrogen-bond donors (Lipinski definition) is 1. The van der Waals surface area contributed by atoms with Gasteiger partial charge >= 0.3 is 0 Å². The van der Waals surface area contributed by atoms with Gasteiger partial charge in [0.05, 0.1) is 6.04 Å². The van der Waals surface area contributed by atoms with Crippen LogP contribution in [0.1, 0.15) is 16.7 Å². The summed E-state index contributed by atoms with van der Waals surface area (Å²) in [5, 5.41) is 2.46. The van der Waals surface area contributed by atoms with Crippen molar-refractivity contribution in [3.8, 4) is 0 Å². The Hall–Kier alpha value is -2.65. The van der Waals surface area contributed by atoms with Crippen LogP contribution in [0.15, 0.2) is 66.7 Å². The first kappa shape index (κ1) is 14.9. The summed E-state index contributed by atoms with van der Waals surface area (Å²) in [6.45, 7) is 1.48. The van der Waals surface area contributed by atoms with E-state index in [2.05, 4.69) is 65.6 Å². The van der Waals surface area contributed by atoms with Gasteiger partial charge in [-0.2, -0.15) is 0 Å². The van der Waals surface area contributed by atoms with Crippen molar-refractivity contribution in [2.75, 3.05) is 0 Å². The number of rotatable bonds is 3. The van der Waals surface area contributed by atoms with Crippen molar-refractivity contribution in [2.45, 2.75) is 25.6 Å². The minimum absolute atomic E-state index is 0.246. The van der Waals surface area contributed by atoms with Gasteiger partial charge in [0.25, 0.3) is 0 Å². The summed E-state index contributed by atoms with van der Waals surface area (Å²) in [6, 6.07) is 22.8. The lowest BCUT2D eigenvalue weighted by atomic mass is 9.92. The molecule has 0 saturated heterocycles. The van der Waals surface area contributed by atoms with Gasteiger partial charge in [-0.15, -0.1) is 0 Å². The minimum Gasteiger partial charge on any atom is -0.368 e.